The number of thiocarbonyl (C=S) groups is 1. The molecule has 0 spiro atoms. The van der Waals surface area contributed by atoms with Gasteiger partial charge >= 0.3 is 10.1 Å². The molecule has 0 saturated carbocycles. The first-order chi connectivity index (χ1) is 14.1. The van der Waals surface area contributed by atoms with Crippen molar-refractivity contribution in [2.75, 3.05) is 7.11 Å². The van der Waals surface area contributed by atoms with Gasteiger partial charge in [-0.1, -0.05) is 23.2 Å². The van der Waals surface area contributed by atoms with Gasteiger partial charge < -0.3 is 8.92 Å². The number of methoxy groups -OCH3 is 1. The van der Waals surface area contributed by atoms with Gasteiger partial charge in [0, 0.05) is 5.02 Å². The Kier molecular flexibility index (Phi) is 6.32. The van der Waals surface area contributed by atoms with Crippen molar-refractivity contribution >= 4 is 68.5 Å². The summed E-state index contributed by atoms with van der Waals surface area (Å²) < 4.78 is 35.4. The highest BCUT2D eigenvalue weighted by molar-refractivity contribution is 7.87. The summed E-state index contributed by atoms with van der Waals surface area (Å²) in [6.07, 6.45) is 1.25. The fourth-order valence-electron chi connectivity index (χ4n) is 2.44. The molecule has 2 aromatic carbocycles. The Morgan fingerprint density at radius 3 is 2.20 bits per heavy atom. The minimum atomic E-state index is -4.23. The molecule has 0 atom stereocenters. The Morgan fingerprint density at radius 1 is 1.03 bits per heavy atom. The first-order valence-corrected chi connectivity index (χ1v) is 10.6. The molecule has 0 radical (unpaired) electrons. The van der Waals surface area contributed by atoms with Crippen molar-refractivity contribution in [2.24, 2.45) is 0 Å². The number of nitrogens with one attached hydrogen (secondary N) is 2. The zero-order valence-electron chi connectivity index (χ0n) is 15.1. The number of halogens is 2. The molecule has 8 nitrogen and oxygen atoms in total. The van der Waals surface area contributed by atoms with Crippen LogP contribution in [-0.2, 0) is 19.7 Å². The number of rotatable bonds is 5. The van der Waals surface area contributed by atoms with Gasteiger partial charge in [-0.3, -0.25) is 20.2 Å². The van der Waals surface area contributed by atoms with Gasteiger partial charge in [-0.25, -0.2) is 0 Å². The average molecular weight is 487 g/mol. The summed E-state index contributed by atoms with van der Waals surface area (Å²) in [5.74, 6) is -1.66. The Morgan fingerprint density at radius 2 is 1.63 bits per heavy atom. The minimum Gasteiger partial charge on any atom is -0.493 e. The molecule has 0 bridgehead atoms. The van der Waals surface area contributed by atoms with E-state index in [0.717, 1.165) is 0 Å². The molecule has 0 aromatic heterocycles. The molecule has 1 aliphatic heterocycles. The van der Waals surface area contributed by atoms with Crippen molar-refractivity contribution in [2.45, 2.75) is 4.90 Å². The van der Waals surface area contributed by atoms with Crippen molar-refractivity contribution < 1.29 is 26.9 Å². The summed E-state index contributed by atoms with van der Waals surface area (Å²) in [6, 6.07) is 8.04. The number of carbonyl (C=O) groups excluding carboxylic acids is 2. The molecule has 1 fully saturated rings. The number of amides is 2. The fraction of sp³-hybridized carbons (Fsp3) is 0.0556. The van der Waals surface area contributed by atoms with E-state index in [0.29, 0.717) is 10.6 Å². The Labute approximate surface area is 186 Å². The lowest BCUT2D eigenvalue weighted by Crippen LogP contribution is -2.51. The molecular weight excluding hydrogens is 475 g/mol. The number of hydrogen-bond donors (Lipinski definition) is 2. The molecule has 2 amide bonds. The maximum Gasteiger partial charge on any atom is 0.339 e. The van der Waals surface area contributed by atoms with Crippen LogP contribution < -0.4 is 19.6 Å². The van der Waals surface area contributed by atoms with Crippen LogP contribution in [0.2, 0.25) is 10.0 Å². The van der Waals surface area contributed by atoms with Gasteiger partial charge in [-0.15, -0.1) is 0 Å². The van der Waals surface area contributed by atoms with Crippen molar-refractivity contribution in [1.29, 1.82) is 0 Å². The summed E-state index contributed by atoms with van der Waals surface area (Å²) >= 11 is 16.7. The maximum absolute atomic E-state index is 12.5. The van der Waals surface area contributed by atoms with Crippen molar-refractivity contribution in [3.63, 3.8) is 0 Å². The molecule has 1 heterocycles. The standard InChI is InChI=1S/C18H12Cl2N2O6S2/c1-27-14-8-9(6-12-16(23)21-18(29)22-17(12)24)7-13(20)15(14)28-30(25,26)11-4-2-10(19)3-5-11/h2-8H,1H3,(H2,21,22,23,24,29). The summed E-state index contributed by atoms with van der Waals surface area (Å²) in [5, 5.41) is 4.74. The lowest BCUT2D eigenvalue weighted by atomic mass is 10.1. The highest BCUT2D eigenvalue weighted by atomic mass is 35.5. The first-order valence-electron chi connectivity index (χ1n) is 8.06. The predicted octanol–water partition coefficient (Wildman–Crippen LogP) is 2.68. The topological polar surface area (TPSA) is 111 Å². The van der Waals surface area contributed by atoms with Gasteiger partial charge in [0.1, 0.15) is 10.5 Å². The third-order valence-electron chi connectivity index (χ3n) is 3.80. The van der Waals surface area contributed by atoms with E-state index < -0.39 is 21.9 Å². The van der Waals surface area contributed by atoms with Crippen LogP contribution in [0.15, 0.2) is 46.9 Å². The van der Waals surface area contributed by atoms with E-state index in [4.69, 9.17) is 44.3 Å². The predicted molar refractivity (Wildman–Crippen MR) is 114 cm³/mol. The van der Waals surface area contributed by atoms with Crippen molar-refractivity contribution in [3.8, 4) is 11.5 Å². The van der Waals surface area contributed by atoms with Crippen LogP contribution >= 0.6 is 35.4 Å². The van der Waals surface area contributed by atoms with Gasteiger partial charge in [0.2, 0.25) is 5.75 Å². The number of benzene rings is 2. The number of carbonyl (C=O) groups is 2. The quantitative estimate of drug-likeness (QED) is 0.289. The monoisotopic (exact) mass is 486 g/mol. The molecule has 12 heteroatoms. The van der Waals surface area contributed by atoms with Crippen LogP contribution in [0.3, 0.4) is 0 Å². The Balaban J connectivity index is 1.98. The average Bonchev–Trinajstić information content (AvgIpc) is 2.66. The Bertz CT molecular complexity index is 1170. The molecule has 0 aliphatic carbocycles. The Hall–Kier alpha value is -2.66. The van der Waals surface area contributed by atoms with Crippen LogP contribution in [0.25, 0.3) is 6.08 Å². The normalized spacial score (nSPS) is 14.1. The van der Waals surface area contributed by atoms with Crippen LogP contribution in [0, 0.1) is 0 Å². The second kappa shape index (κ2) is 8.60. The zero-order valence-corrected chi connectivity index (χ0v) is 18.2. The van der Waals surface area contributed by atoms with Gasteiger partial charge in [-0.2, -0.15) is 8.42 Å². The second-order valence-corrected chi connectivity index (χ2v) is 8.62. The van der Waals surface area contributed by atoms with Gasteiger partial charge in [0.05, 0.1) is 12.1 Å². The molecule has 156 valence electrons. The van der Waals surface area contributed by atoms with Gasteiger partial charge in [0.15, 0.2) is 10.9 Å². The SMILES string of the molecule is COc1cc(C=C2C(=O)NC(=S)NC2=O)cc(Cl)c1OS(=O)(=O)c1ccc(Cl)cc1. The molecular formula is C18H12Cl2N2O6S2. The summed E-state index contributed by atoms with van der Waals surface area (Å²) in [4.78, 5) is 23.8. The van der Waals surface area contributed by atoms with E-state index in [2.05, 4.69) is 10.6 Å². The van der Waals surface area contributed by atoms with E-state index >= 15 is 0 Å². The van der Waals surface area contributed by atoms with Crippen LogP contribution in [-0.4, -0.2) is 32.5 Å². The largest absolute Gasteiger partial charge is 0.493 e. The molecule has 1 aliphatic rings. The molecule has 3 rings (SSSR count). The zero-order chi connectivity index (χ0) is 22.1. The van der Waals surface area contributed by atoms with E-state index in [9.17, 15) is 18.0 Å². The van der Waals surface area contributed by atoms with Crippen molar-refractivity contribution in [3.05, 3.63) is 57.6 Å². The van der Waals surface area contributed by atoms with E-state index in [-0.39, 0.29) is 32.1 Å². The number of hydrogen-bond acceptors (Lipinski definition) is 7. The van der Waals surface area contributed by atoms with Crippen LogP contribution in [0.4, 0.5) is 0 Å². The smallest absolute Gasteiger partial charge is 0.339 e. The molecule has 2 aromatic rings. The first kappa shape index (κ1) is 22.0. The van der Waals surface area contributed by atoms with Gasteiger partial charge in [-0.05, 0) is 60.3 Å². The maximum atomic E-state index is 12.5. The lowest BCUT2D eigenvalue weighted by molar-refractivity contribution is -0.123. The fourth-order valence-corrected chi connectivity index (χ4v) is 4.01. The summed E-state index contributed by atoms with van der Waals surface area (Å²) in [7, 11) is -2.95. The van der Waals surface area contributed by atoms with Crippen LogP contribution in [0.1, 0.15) is 5.56 Å². The highest BCUT2D eigenvalue weighted by Crippen LogP contribution is 2.39. The van der Waals surface area contributed by atoms with Crippen LogP contribution in [0.5, 0.6) is 11.5 Å². The van der Waals surface area contributed by atoms with E-state index in [1.807, 2.05) is 0 Å². The van der Waals surface area contributed by atoms with Gasteiger partial charge in [0.25, 0.3) is 11.8 Å². The highest BCUT2D eigenvalue weighted by Gasteiger charge is 2.27. The molecule has 1 saturated heterocycles. The molecule has 0 unspecified atom stereocenters. The van der Waals surface area contributed by atoms with Crippen molar-refractivity contribution in [1.82, 2.24) is 10.6 Å². The summed E-state index contributed by atoms with van der Waals surface area (Å²) in [6.45, 7) is 0. The third-order valence-corrected chi connectivity index (χ3v) is 5.77. The lowest BCUT2D eigenvalue weighted by Gasteiger charge is -2.17. The second-order valence-electron chi connectivity index (χ2n) is 5.82. The van der Waals surface area contributed by atoms with E-state index in [1.165, 1.54) is 49.6 Å². The minimum absolute atomic E-state index is 0.0287. The molecule has 2 N–H and O–H groups in total. The van der Waals surface area contributed by atoms with E-state index in [1.54, 1.807) is 0 Å². The third kappa shape index (κ3) is 4.73. The molecule has 30 heavy (non-hydrogen) atoms. The number of ether oxygens (including phenoxy) is 1. The summed E-state index contributed by atoms with van der Waals surface area (Å²) in [5.41, 5.74) is 0.0744.